The van der Waals surface area contributed by atoms with Gasteiger partial charge in [0.2, 0.25) is 0 Å². The van der Waals surface area contributed by atoms with Crippen molar-refractivity contribution in [2.45, 2.75) is 39.4 Å². The molecule has 1 aromatic rings. The minimum absolute atomic E-state index is 0.329. The zero-order valence-corrected chi connectivity index (χ0v) is 11.8. The summed E-state index contributed by atoms with van der Waals surface area (Å²) in [5, 5.41) is 13.3. The number of aliphatic hydroxyl groups is 1. The predicted molar refractivity (Wildman–Crippen MR) is 71.8 cm³/mol. The highest BCUT2D eigenvalue weighted by Gasteiger charge is 2.17. The second-order valence-corrected chi connectivity index (χ2v) is 4.72. The minimum Gasteiger partial charge on any atom is -0.388 e. The summed E-state index contributed by atoms with van der Waals surface area (Å²) < 4.78 is 5.24. The lowest BCUT2D eigenvalue weighted by Crippen LogP contribution is -2.32. The van der Waals surface area contributed by atoms with Crippen LogP contribution in [-0.2, 0) is 11.3 Å². The Morgan fingerprint density at radius 3 is 2.78 bits per heavy atom. The van der Waals surface area contributed by atoms with Crippen molar-refractivity contribution in [1.82, 2.24) is 9.97 Å². The third-order valence-electron chi connectivity index (χ3n) is 2.59. The van der Waals surface area contributed by atoms with Gasteiger partial charge in [0.05, 0.1) is 5.60 Å². The topological polar surface area (TPSA) is 67.3 Å². The van der Waals surface area contributed by atoms with Crippen molar-refractivity contribution in [3.63, 3.8) is 0 Å². The number of hydrogen-bond acceptors (Lipinski definition) is 5. The SMILES string of the molecule is CCOCc1nc(Cl)cc(NCC(C)(O)CC)n1. The van der Waals surface area contributed by atoms with Gasteiger partial charge in [0.25, 0.3) is 0 Å². The molecule has 1 rings (SSSR count). The molecular formula is C12H20ClN3O2. The van der Waals surface area contributed by atoms with Crippen LogP contribution in [0.4, 0.5) is 5.82 Å². The first-order chi connectivity index (χ1) is 8.46. The molecule has 0 aliphatic carbocycles. The van der Waals surface area contributed by atoms with Crippen LogP contribution in [0.1, 0.15) is 33.0 Å². The molecule has 5 nitrogen and oxygen atoms in total. The Bertz CT molecular complexity index is 386. The normalized spacial score (nSPS) is 14.3. The number of anilines is 1. The Hall–Kier alpha value is -0.910. The smallest absolute Gasteiger partial charge is 0.158 e. The summed E-state index contributed by atoms with van der Waals surface area (Å²) in [6, 6.07) is 1.63. The van der Waals surface area contributed by atoms with Gasteiger partial charge in [0.15, 0.2) is 5.82 Å². The van der Waals surface area contributed by atoms with Crippen LogP contribution in [0, 0.1) is 0 Å². The lowest BCUT2D eigenvalue weighted by Gasteiger charge is -2.22. The molecule has 0 radical (unpaired) electrons. The average Bonchev–Trinajstić information content (AvgIpc) is 2.33. The van der Waals surface area contributed by atoms with Crippen molar-refractivity contribution in [3.8, 4) is 0 Å². The molecule has 0 aliphatic rings. The second-order valence-electron chi connectivity index (χ2n) is 4.33. The lowest BCUT2D eigenvalue weighted by atomic mass is 10.0. The highest BCUT2D eigenvalue weighted by molar-refractivity contribution is 6.29. The van der Waals surface area contributed by atoms with E-state index in [-0.39, 0.29) is 0 Å². The van der Waals surface area contributed by atoms with Crippen molar-refractivity contribution >= 4 is 17.4 Å². The first-order valence-electron chi connectivity index (χ1n) is 6.04. The summed E-state index contributed by atoms with van der Waals surface area (Å²) in [5.74, 6) is 1.13. The Kier molecular flexibility index (Phi) is 5.78. The molecule has 0 aromatic carbocycles. The summed E-state index contributed by atoms with van der Waals surface area (Å²) in [7, 11) is 0. The van der Waals surface area contributed by atoms with Crippen molar-refractivity contribution in [1.29, 1.82) is 0 Å². The fourth-order valence-electron chi connectivity index (χ4n) is 1.22. The summed E-state index contributed by atoms with van der Waals surface area (Å²) in [6.45, 7) is 6.94. The standard InChI is InChI=1S/C12H20ClN3O2/c1-4-12(3,17)8-14-10-6-9(13)15-11(16-10)7-18-5-2/h6,17H,4-5,7-8H2,1-3H3,(H,14,15,16). The van der Waals surface area contributed by atoms with Crippen molar-refractivity contribution < 1.29 is 9.84 Å². The third kappa shape index (κ3) is 5.16. The van der Waals surface area contributed by atoms with Gasteiger partial charge in [0.1, 0.15) is 17.6 Å². The highest BCUT2D eigenvalue weighted by atomic mass is 35.5. The number of ether oxygens (including phenoxy) is 1. The summed E-state index contributed by atoms with van der Waals surface area (Å²) >= 11 is 5.90. The monoisotopic (exact) mass is 273 g/mol. The van der Waals surface area contributed by atoms with Gasteiger partial charge in [-0.15, -0.1) is 0 Å². The molecule has 0 bridgehead atoms. The summed E-state index contributed by atoms with van der Waals surface area (Å²) in [4.78, 5) is 8.33. The number of nitrogens with zero attached hydrogens (tertiary/aromatic N) is 2. The van der Waals surface area contributed by atoms with Gasteiger partial charge < -0.3 is 15.2 Å². The molecule has 0 aliphatic heterocycles. The van der Waals surface area contributed by atoms with Gasteiger partial charge in [-0.3, -0.25) is 0 Å². The molecular weight excluding hydrogens is 254 g/mol. The molecule has 0 saturated heterocycles. The van der Waals surface area contributed by atoms with Gasteiger partial charge in [-0.2, -0.15) is 0 Å². The van der Waals surface area contributed by atoms with Crippen LogP contribution in [0.3, 0.4) is 0 Å². The summed E-state index contributed by atoms with van der Waals surface area (Å²) in [6.07, 6.45) is 0.657. The predicted octanol–water partition coefficient (Wildman–Crippen LogP) is 2.24. The molecule has 1 aromatic heterocycles. The fraction of sp³-hybridized carbons (Fsp3) is 0.667. The third-order valence-corrected chi connectivity index (χ3v) is 2.78. The first kappa shape index (κ1) is 15.1. The van der Waals surface area contributed by atoms with Gasteiger partial charge in [-0.05, 0) is 20.3 Å². The minimum atomic E-state index is -0.766. The van der Waals surface area contributed by atoms with Crippen molar-refractivity contribution in [2.24, 2.45) is 0 Å². The van der Waals surface area contributed by atoms with Crippen LogP contribution in [0.5, 0.6) is 0 Å². The van der Waals surface area contributed by atoms with E-state index in [9.17, 15) is 5.11 Å². The molecule has 0 fully saturated rings. The molecule has 0 spiro atoms. The van der Waals surface area contributed by atoms with E-state index in [1.165, 1.54) is 0 Å². The maximum atomic E-state index is 9.90. The maximum absolute atomic E-state index is 9.90. The van der Waals surface area contributed by atoms with Gasteiger partial charge in [0, 0.05) is 19.2 Å². The van der Waals surface area contributed by atoms with Gasteiger partial charge in [-0.25, -0.2) is 9.97 Å². The van der Waals surface area contributed by atoms with E-state index in [0.29, 0.717) is 43.0 Å². The van der Waals surface area contributed by atoms with Crippen LogP contribution in [0.2, 0.25) is 5.15 Å². The molecule has 2 N–H and O–H groups in total. The van der Waals surface area contributed by atoms with Crippen LogP contribution in [-0.4, -0.2) is 33.8 Å². The fourth-order valence-corrected chi connectivity index (χ4v) is 1.42. The number of aromatic nitrogens is 2. The quantitative estimate of drug-likeness (QED) is 0.746. The number of nitrogens with one attached hydrogen (secondary N) is 1. The number of halogens is 1. The van der Waals surface area contributed by atoms with E-state index in [4.69, 9.17) is 16.3 Å². The second kappa shape index (κ2) is 6.87. The summed E-state index contributed by atoms with van der Waals surface area (Å²) in [5.41, 5.74) is -0.766. The van der Waals surface area contributed by atoms with Crippen LogP contribution in [0.15, 0.2) is 6.07 Å². The Morgan fingerprint density at radius 2 is 2.17 bits per heavy atom. The van der Waals surface area contributed by atoms with Crippen molar-refractivity contribution in [2.75, 3.05) is 18.5 Å². The number of hydrogen-bond donors (Lipinski definition) is 2. The zero-order valence-electron chi connectivity index (χ0n) is 11.0. The molecule has 0 amide bonds. The van der Waals surface area contributed by atoms with E-state index in [1.807, 2.05) is 13.8 Å². The molecule has 102 valence electrons. The maximum Gasteiger partial charge on any atom is 0.158 e. The molecule has 1 atom stereocenters. The van der Waals surface area contributed by atoms with Crippen molar-refractivity contribution in [3.05, 3.63) is 17.0 Å². The van der Waals surface area contributed by atoms with Crippen LogP contribution < -0.4 is 5.32 Å². The largest absolute Gasteiger partial charge is 0.388 e. The average molecular weight is 274 g/mol. The van der Waals surface area contributed by atoms with Gasteiger partial charge in [-0.1, -0.05) is 18.5 Å². The number of rotatable bonds is 7. The zero-order chi connectivity index (χ0) is 13.6. The van der Waals surface area contributed by atoms with E-state index >= 15 is 0 Å². The molecule has 18 heavy (non-hydrogen) atoms. The molecule has 1 unspecified atom stereocenters. The Balaban J connectivity index is 2.68. The van der Waals surface area contributed by atoms with E-state index in [2.05, 4.69) is 15.3 Å². The first-order valence-corrected chi connectivity index (χ1v) is 6.42. The molecule has 6 heteroatoms. The molecule has 0 saturated carbocycles. The van der Waals surface area contributed by atoms with E-state index < -0.39 is 5.60 Å². The Morgan fingerprint density at radius 1 is 1.44 bits per heavy atom. The highest BCUT2D eigenvalue weighted by Crippen LogP contribution is 2.14. The lowest BCUT2D eigenvalue weighted by molar-refractivity contribution is 0.0696. The van der Waals surface area contributed by atoms with E-state index in [0.717, 1.165) is 0 Å². The van der Waals surface area contributed by atoms with Crippen LogP contribution >= 0.6 is 11.6 Å². The van der Waals surface area contributed by atoms with Gasteiger partial charge >= 0.3 is 0 Å². The Labute approximate surface area is 113 Å². The molecule has 1 heterocycles. The van der Waals surface area contributed by atoms with Crippen LogP contribution in [0.25, 0.3) is 0 Å². The van der Waals surface area contributed by atoms with E-state index in [1.54, 1.807) is 13.0 Å².